The van der Waals surface area contributed by atoms with Crippen molar-refractivity contribution in [3.05, 3.63) is 80.0 Å². The van der Waals surface area contributed by atoms with Gasteiger partial charge >= 0.3 is 0 Å². The number of methoxy groups -OCH3 is 1. The Morgan fingerprint density at radius 1 is 1.06 bits per heavy atom. The van der Waals surface area contributed by atoms with Crippen LogP contribution in [-0.2, 0) is 17.9 Å². The van der Waals surface area contributed by atoms with E-state index in [0.29, 0.717) is 46.9 Å². The van der Waals surface area contributed by atoms with Gasteiger partial charge in [0, 0.05) is 40.9 Å². The maximum Gasteiger partial charge on any atom is 0.167 e. The first-order valence-electron chi connectivity index (χ1n) is 10.7. The van der Waals surface area contributed by atoms with Crippen LogP contribution >= 0.6 is 39.1 Å². The van der Waals surface area contributed by atoms with Crippen LogP contribution in [0.25, 0.3) is 0 Å². The Morgan fingerprint density at radius 3 is 2.56 bits per heavy atom. The first-order valence-corrected chi connectivity index (χ1v) is 12.3. The average Bonchev–Trinajstić information content (AvgIpc) is 2.83. The fourth-order valence-corrected chi connectivity index (χ4v) is 4.70. The number of halogens is 4. The summed E-state index contributed by atoms with van der Waals surface area (Å²) >= 11 is 16.4. The molecule has 0 radical (unpaired) electrons. The summed E-state index contributed by atoms with van der Waals surface area (Å²) in [6.07, 6.45) is 0. The predicted molar refractivity (Wildman–Crippen MR) is 138 cm³/mol. The molecule has 1 saturated heterocycles. The van der Waals surface area contributed by atoms with Gasteiger partial charge in [0.05, 0.1) is 36.1 Å². The third kappa shape index (κ3) is 5.89. The third-order valence-electron chi connectivity index (χ3n) is 5.54. The summed E-state index contributed by atoms with van der Waals surface area (Å²) in [5, 5.41) is 4.40. The maximum atomic E-state index is 13.4. The molecule has 0 unspecified atom stereocenters. The highest BCUT2D eigenvalue weighted by molar-refractivity contribution is 9.10. The Morgan fingerprint density at radius 2 is 1.85 bits per heavy atom. The number of rotatable bonds is 8. The van der Waals surface area contributed by atoms with Crippen molar-refractivity contribution < 1.29 is 18.6 Å². The number of benzene rings is 3. The molecular formula is C25H24BrCl2FN2O3. The van der Waals surface area contributed by atoms with Gasteiger partial charge in [0.15, 0.2) is 11.5 Å². The summed E-state index contributed by atoms with van der Waals surface area (Å²) in [7, 11) is 1.59. The Labute approximate surface area is 216 Å². The van der Waals surface area contributed by atoms with E-state index in [0.717, 1.165) is 34.5 Å². The quantitative estimate of drug-likeness (QED) is 0.318. The van der Waals surface area contributed by atoms with E-state index in [1.54, 1.807) is 13.2 Å². The minimum atomic E-state index is -0.392. The molecule has 0 spiro atoms. The lowest BCUT2D eigenvalue weighted by atomic mass is 10.1. The number of nitrogens with one attached hydrogen (secondary N) is 1. The van der Waals surface area contributed by atoms with Gasteiger partial charge in [-0.25, -0.2) is 4.39 Å². The molecule has 4 rings (SSSR count). The second kappa shape index (κ2) is 11.5. The minimum Gasteiger partial charge on any atom is -0.493 e. The van der Waals surface area contributed by atoms with E-state index in [9.17, 15) is 4.39 Å². The van der Waals surface area contributed by atoms with Crippen molar-refractivity contribution in [3.63, 3.8) is 0 Å². The lowest BCUT2D eigenvalue weighted by Gasteiger charge is -2.29. The zero-order chi connectivity index (χ0) is 24.1. The fraction of sp³-hybridized carbons (Fsp3) is 0.280. The standard InChI is InChI=1S/C25H24BrCl2FN2O3/c1-32-24-7-5-20(26)19(25(24)34-15-16-2-3-17(29)12-21(16)27)14-30-18-4-6-23(22(28)13-18)31-8-10-33-11-9-31/h2-7,12-13,30H,8-11,14-15H2,1H3. The Hall–Kier alpha value is -2.19. The molecule has 0 saturated carbocycles. The van der Waals surface area contributed by atoms with Crippen molar-refractivity contribution in [3.8, 4) is 11.5 Å². The van der Waals surface area contributed by atoms with Gasteiger partial charge in [-0.2, -0.15) is 0 Å². The SMILES string of the molecule is COc1ccc(Br)c(CNc2ccc(N3CCOCC3)c(Cl)c2)c1OCc1ccc(F)cc1Cl. The zero-order valence-corrected chi connectivity index (χ0v) is 21.6. The van der Waals surface area contributed by atoms with Gasteiger partial charge in [0.25, 0.3) is 0 Å². The van der Waals surface area contributed by atoms with Crippen molar-refractivity contribution >= 4 is 50.5 Å². The van der Waals surface area contributed by atoms with Gasteiger partial charge in [-0.3, -0.25) is 0 Å². The van der Waals surface area contributed by atoms with Crippen LogP contribution in [0.2, 0.25) is 10.0 Å². The monoisotopic (exact) mass is 568 g/mol. The molecule has 1 aliphatic rings. The molecule has 3 aromatic carbocycles. The topological polar surface area (TPSA) is 43.0 Å². The normalized spacial score (nSPS) is 13.6. The van der Waals surface area contributed by atoms with Gasteiger partial charge < -0.3 is 24.4 Å². The zero-order valence-electron chi connectivity index (χ0n) is 18.5. The van der Waals surface area contributed by atoms with Crippen LogP contribution in [0.15, 0.2) is 53.0 Å². The van der Waals surface area contributed by atoms with Gasteiger partial charge in [-0.1, -0.05) is 45.2 Å². The van der Waals surface area contributed by atoms with Crippen molar-refractivity contribution in [1.29, 1.82) is 0 Å². The van der Waals surface area contributed by atoms with E-state index in [1.807, 2.05) is 30.3 Å². The molecule has 1 heterocycles. The van der Waals surface area contributed by atoms with Gasteiger partial charge in [0.2, 0.25) is 0 Å². The number of morpholine rings is 1. The summed E-state index contributed by atoms with van der Waals surface area (Å²) in [6.45, 7) is 3.67. The molecule has 0 amide bonds. The lowest BCUT2D eigenvalue weighted by molar-refractivity contribution is 0.122. The molecule has 34 heavy (non-hydrogen) atoms. The molecule has 0 aromatic heterocycles. The third-order valence-corrected chi connectivity index (χ3v) is 6.94. The number of hydrogen-bond donors (Lipinski definition) is 1. The summed E-state index contributed by atoms with van der Waals surface area (Å²) in [5.74, 6) is 0.761. The van der Waals surface area contributed by atoms with E-state index < -0.39 is 5.82 Å². The van der Waals surface area contributed by atoms with Crippen LogP contribution in [-0.4, -0.2) is 33.4 Å². The van der Waals surface area contributed by atoms with Gasteiger partial charge in [0.1, 0.15) is 12.4 Å². The summed E-state index contributed by atoms with van der Waals surface area (Å²) in [6, 6.07) is 13.9. The van der Waals surface area contributed by atoms with Crippen LogP contribution < -0.4 is 19.7 Å². The van der Waals surface area contributed by atoms with Gasteiger partial charge in [-0.05, 0) is 42.5 Å². The van der Waals surface area contributed by atoms with E-state index in [1.165, 1.54) is 12.1 Å². The largest absolute Gasteiger partial charge is 0.493 e. The van der Waals surface area contributed by atoms with E-state index in [2.05, 4.69) is 26.1 Å². The molecule has 180 valence electrons. The number of hydrogen-bond acceptors (Lipinski definition) is 5. The Kier molecular flexibility index (Phi) is 8.42. The second-order valence-corrected chi connectivity index (χ2v) is 9.37. The van der Waals surface area contributed by atoms with Crippen molar-refractivity contribution in [2.24, 2.45) is 0 Å². The Bertz CT molecular complexity index is 1160. The smallest absolute Gasteiger partial charge is 0.167 e. The maximum absolute atomic E-state index is 13.4. The highest BCUT2D eigenvalue weighted by atomic mass is 79.9. The molecular weight excluding hydrogens is 546 g/mol. The number of ether oxygens (including phenoxy) is 3. The van der Waals surface area contributed by atoms with E-state index >= 15 is 0 Å². The fourth-order valence-electron chi connectivity index (χ4n) is 3.72. The van der Waals surface area contributed by atoms with Crippen LogP contribution in [0.4, 0.5) is 15.8 Å². The first kappa shape index (κ1) is 24.9. The molecule has 1 aliphatic heterocycles. The summed E-state index contributed by atoms with van der Waals surface area (Å²) < 4.78 is 31.3. The second-order valence-electron chi connectivity index (χ2n) is 7.70. The van der Waals surface area contributed by atoms with Crippen molar-refractivity contribution in [2.45, 2.75) is 13.2 Å². The summed E-state index contributed by atoms with van der Waals surface area (Å²) in [4.78, 5) is 2.22. The highest BCUT2D eigenvalue weighted by Gasteiger charge is 2.17. The van der Waals surface area contributed by atoms with Crippen molar-refractivity contribution in [1.82, 2.24) is 0 Å². The van der Waals surface area contributed by atoms with E-state index in [-0.39, 0.29) is 6.61 Å². The van der Waals surface area contributed by atoms with Crippen LogP contribution in [0.5, 0.6) is 11.5 Å². The lowest BCUT2D eigenvalue weighted by Crippen LogP contribution is -2.36. The van der Waals surface area contributed by atoms with Crippen LogP contribution in [0.3, 0.4) is 0 Å². The highest BCUT2D eigenvalue weighted by Crippen LogP contribution is 2.38. The summed E-state index contributed by atoms with van der Waals surface area (Å²) in [5.41, 5.74) is 3.42. The average molecular weight is 570 g/mol. The predicted octanol–water partition coefficient (Wildman–Crippen LogP) is 6.93. The van der Waals surface area contributed by atoms with E-state index in [4.69, 9.17) is 37.4 Å². The number of nitrogens with zero attached hydrogens (tertiary/aromatic N) is 1. The molecule has 0 aliphatic carbocycles. The molecule has 3 aromatic rings. The van der Waals surface area contributed by atoms with Crippen LogP contribution in [0, 0.1) is 5.82 Å². The molecule has 5 nitrogen and oxygen atoms in total. The molecule has 0 bridgehead atoms. The Balaban J connectivity index is 1.51. The first-order chi connectivity index (χ1) is 16.5. The van der Waals surface area contributed by atoms with Gasteiger partial charge in [-0.15, -0.1) is 0 Å². The minimum absolute atomic E-state index is 0.166. The van der Waals surface area contributed by atoms with Crippen LogP contribution in [0.1, 0.15) is 11.1 Å². The molecule has 0 atom stereocenters. The molecule has 9 heteroatoms. The molecule has 1 N–H and O–H groups in total. The molecule has 1 fully saturated rings. The van der Waals surface area contributed by atoms with Crippen molar-refractivity contribution in [2.75, 3.05) is 43.6 Å². The number of anilines is 2.